The van der Waals surface area contributed by atoms with Crippen molar-refractivity contribution in [1.82, 2.24) is 12.3 Å². The summed E-state index contributed by atoms with van der Waals surface area (Å²) in [5, 5.41) is 13.7. The summed E-state index contributed by atoms with van der Waals surface area (Å²) in [7, 11) is -10.4. The predicted molar refractivity (Wildman–Crippen MR) is 46.1 cm³/mol. The van der Waals surface area contributed by atoms with Gasteiger partial charge in [-0.2, -0.15) is 0 Å². The Morgan fingerprint density at radius 2 is 1.00 bits per heavy atom. The molecule has 0 unspecified atom stereocenters. The highest BCUT2D eigenvalue weighted by molar-refractivity contribution is 7.70. The van der Waals surface area contributed by atoms with E-state index >= 15 is 0 Å². The summed E-state index contributed by atoms with van der Waals surface area (Å²) in [5.74, 6) is 0. The van der Waals surface area contributed by atoms with Gasteiger partial charge in [-0.05, 0) is 0 Å². The number of aliphatic hydroxyl groups is 2. The predicted octanol–water partition coefficient (Wildman–Crippen LogP) is -1.70. The normalized spacial score (nSPS) is 12.3. The van der Waals surface area contributed by atoms with E-state index in [1.807, 2.05) is 0 Å². The van der Waals surface area contributed by atoms with Crippen LogP contribution in [0.1, 0.15) is 0 Å². The van der Waals surface area contributed by atoms with Crippen LogP contribution < -0.4 is 12.3 Å². The summed E-state index contributed by atoms with van der Waals surface area (Å²) in [6, 6.07) is 0. The first-order valence-corrected chi connectivity index (χ1v) is 5.89. The van der Waals surface area contributed by atoms with Crippen LogP contribution in [-0.2, 0) is 9.13 Å². The van der Waals surface area contributed by atoms with Crippen molar-refractivity contribution in [2.24, 2.45) is 0 Å². The molecular formula is C2H14N2O8P2. The fourth-order valence-electron chi connectivity index (χ4n) is 0.543. The minimum atomic E-state index is -5.22. The largest absolute Gasteiger partial charge is 0.367 e. The van der Waals surface area contributed by atoms with Gasteiger partial charge >= 0.3 is 15.2 Å². The van der Waals surface area contributed by atoms with Crippen LogP contribution in [0.4, 0.5) is 0 Å². The number of rotatable bonds is 3. The molecule has 0 fully saturated rings. The summed E-state index contributed by atoms with van der Waals surface area (Å²) in [6.45, 7) is 0. The fourth-order valence-corrected chi connectivity index (χ4v) is 2.81. The van der Waals surface area contributed by atoms with Gasteiger partial charge in [-0.3, -0.25) is 9.13 Å². The minimum Gasteiger partial charge on any atom is -0.367 e. The first-order chi connectivity index (χ1) is 5.07. The molecule has 10 nitrogen and oxygen atoms in total. The molecule has 14 heavy (non-hydrogen) atoms. The quantitative estimate of drug-likeness (QED) is 0.211. The lowest BCUT2D eigenvalue weighted by Crippen LogP contribution is -2.25. The van der Waals surface area contributed by atoms with Crippen LogP contribution in [0.25, 0.3) is 0 Å². The van der Waals surface area contributed by atoms with Crippen molar-refractivity contribution in [3.8, 4) is 0 Å². The Labute approximate surface area is 79.1 Å². The first kappa shape index (κ1) is 19.7. The highest BCUT2D eigenvalue weighted by Crippen LogP contribution is 2.60. The standard InChI is InChI=1S/C2H8O8P2.2H3N/c3-1(4)2(11(5,6)7)12(8,9)10;;/h1-4H,(H2,5,6,7)(H2,8,9,10);2*1H3. The molecule has 0 heterocycles. The van der Waals surface area contributed by atoms with Crippen molar-refractivity contribution in [1.29, 1.82) is 0 Å². The Bertz CT molecular complexity index is 220. The van der Waals surface area contributed by atoms with Crippen molar-refractivity contribution >= 4 is 15.2 Å². The third-order valence-corrected chi connectivity index (χ3v) is 4.67. The lowest BCUT2D eigenvalue weighted by Gasteiger charge is -2.20. The summed E-state index contributed by atoms with van der Waals surface area (Å²) in [6.07, 6.45) is -2.76. The maximum absolute atomic E-state index is 10.3. The Kier molecular flexibility index (Phi) is 8.27. The number of hydrogen-bond acceptors (Lipinski definition) is 6. The average molecular weight is 256 g/mol. The molecule has 0 aliphatic heterocycles. The van der Waals surface area contributed by atoms with Crippen molar-refractivity contribution < 1.29 is 38.9 Å². The van der Waals surface area contributed by atoms with Gasteiger partial charge < -0.3 is 42.1 Å². The van der Waals surface area contributed by atoms with Crippen molar-refractivity contribution in [3.63, 3.8) is 0 Å². The van der Waals surface area contributed by atoms with Gasteiger partial charge in [0.25, 0.3) is 0 Å². The van der Waals surface area contributed by atoms with E-state index in [-0.39, 0.29) is 12.3 Å². The third-order valence-electron chi connectivity index (χ3n) is 0.956. The zero-order chi connectivity index (χ0) is 10.2. The van der Waals surface area contributed by atoms with Gasteiger partial charge in [0, 0.05) is 0 Å². The lowest BCUT2D eigenvalue weighted by atomic mass is 10.8. The van der Waals surface area contributed by atoms with Crippen LogP contribution in [0.2, 0.25) is 0 Å². The molecule has 12 heteroatoms. The molecule has 0 aromatic rings. The SMILES string of the molecule is N.N.O=P(O)(O)C(C(O)O)P(=O)(O)O. The van der Waals surface area contributed by atoms with Gasteiger partial charge in [-0.15, -0.1) is 0 Å². The second-order valence-electron chi connectivity index (χ2n) is 2.01. The summed E-state index contributed by atoms with van der Waals surface area (Å²) >= 11 is 0. The molecule has 0 rings (SSSR count). The summed E-state index contributed by atoms with van der Waals surface area (Å²) in [4.78, 5) is 33.1. The molecule has 0 aliphatic carbocycles. The molecule has 0 aliphatic rings. The maximum Gasteiger partial charge on any atom is 0.345 e. The van der Waals surface area contributed by atoms with Crippen molar-refractivity contribution in [2.75, 3.05) is 0 Å². The van der Waals surface area contributed by atoms with Crippen LogP contribution in [0.3, 0.4) is 0 Å². The Morgan fingerprint density at radius 1 is 0.786 bits per heavy atom. The Hall–Kier alpha value is 0.140. The highest BCUT2D eigenvalue weighted by atomic mass is 31.2. The van der Waals surface area contributed by atoms with Gasteiger partial charge in [-0.1, -0.05) is 0 Å². The monoisotopic (exact) mass is 256 g/mol. The first-order valence-electron chi connectivity index (χ1n) is 2.53. The summed E-state index contributed by atoms with van der Waals surface area (Å²) in [5.41, 5.74) is 0. The van der Waals surface area contributed by atoms with Gasteiger partial charge in [0.1, 0.15) is 0 Å². The van der Waals surface area contributed by atoms with Gasteiger partial charge in [-0.25, -0.2) is 0 Å². The molecule has 0 atom stereocenters. The van der Waals surface area contributed by atoms with E-state index in [1.54, 1.807) is 0 Å². The van der Waals surface area contributed by atoms with E-state index in [0.29, 0.717) is 0 Å². The molecule has 0 radical (unpaired) electrons. The third kappa shape index (κ3) is 5.78. The topological polar surface area (TPSA) is 226 Å². The van der Waals surface area contributed by atoms with Gasteiger partial charge in [0.15, 0.2) is 6.29 Å². The molecule has 0 saturated heterocycles. The van der Waals surface area contributed by atoms with Crippen LogP contribution >= 0.6 is 15.2 Å². The van der Waals surface area contributed by atoms with E-state index in [2.05, 4.69) is 0 Å². The van der Waals surface area contributed by atoms with Crippen molar-refractivity contribution in [3.05, 3.63) is 0 Å². The molecule has 12 N–H and O–H groups in total. The number of aliphatic hydroxyl groups excluding tert-OH is 1. The molecule has 0 bridgehead atoms. The van der Waals surface area contributed by atoms with Crippen LogP contribution in [0.15, 0.2) is 0 Å². The average Bonchev–Trinajstić information content (AvgIpc) is 1.49. The second kappa shape index (κ2) is 5.89. The minimum absolute atomic E-state index is 0. The van der Waals surface area contributed by atoms with Crippen LogP contribution in [0.5, 0.6) is 0 Å². The molecule has 0 saturated carbocycles. The highest BCUT2D eigenvalue weighted by Gasteiger charge is 2.48. The molecule has 90 valence electrons. The zero-order valence-corrected chi connectivity index (χ0v) is 8.75. The smallest absolute Gasteiger partial charge is 0.345 e. The molecule has 0 spiro atoms. The fraction of sp³-hybridized carbons (Fsp3) is 1.00. The van der Waals surface area contributed by atoms with Crippen LogP contribution in [0, 0.1) is 0 Å². The molecule has 0 aromatic carbocycles. The molecule has 0 aromatic heterocycles. The molecular weight excluding hydrogens is 242 g/mol. The Morgan fingerprint density at radius 3 is 1.00 bits per heavy atom. The maximum atomic E-state index is 10.3. The van der Waals surface area contributed by atoms with Crippen molar-refractivity contribution in [2.45, 2.75) is 11.7 Å². The van der Waals surface area contributed by atoms with E-state index in [4.69, 9.17) is 29.8 Å². The van der Waals surface area contributed by atoms with E-state index in [9.17, 15) is 9.13 Å². The number of hydrogen-bond donors (Lipinski definition) is 8. The molecule has 0 amide bonds. The zero-order valence-electron chi connectivity index (χ0n) is 6.96. The van der Waals surface area contributed by atoms with Crippen LogP contribution in [-0.4, -0.2) is 41.5 Å². The van der Waals surface area contributed by atoms with E-state index in [0.717, 1.165) is 0 Å². The Balaban J connectivity index is -0.000000605. The lowest BCUT2D eigenvalue weighted by molar-refractivity contribution is -0.0347. The van der Waals surface area contributed by atoms with E-state index in [1.165, 1.54) is 0 Å². The van der Waals surface area contributed by atoms with Gasteiger partial charge in [0.05, 0.1) is 0 Å². The summed E-state index contributed by atoms with van der Waals surface area (Å²) < 4.78 is 20.6. The van der Waals surface area contributed by atoms with E-state index < -0.39 is 26.9 Å². The van der Waals surface area contributed by atoms with Gasteiger partial charge in [0.2, 0.25) is 5.40 Å². The second-order valence-corrected chi connectivity index (χ2v) is 5.88.